The van der Waals surface area contributed by atoms with Crippen LogP contribution in [0.4, 0.5) is 5.95 Å². The number of hydrogen-bond acceptors (Lipinski definition) is 4. The van der Waals surface area contributed by atoms with Gasteiger partial charge >= 0.3 is 0 Å². The third-order valence-electron chi connectivity index (χ3n) is 3.27. The first kappa shape index (κ1) is 16.5. The molecule has 7 heteroatoms. The highest BCUT2D eigenvalue weighted by Crippen LogP contribution is 2.33. The predicted molar refractivity (Wildman–Crippen MR) is 97.1 cm³/mol. The quantitative estimate of drug-likeness (QED) is 0.666. The van der Waals surface area contributed by atoms with Crippen molar-refractivity contribution >= 4 is 40.8 Å². The van der Waals surface area contributed by atoms with Crippen LogP contribution in [0, 0.1) is 11.3 Å². The minimum absolute atomic E-state index is 0.0371. The fourth-order valence-corrected chi connectivity index (χ4v) is 3.04. The van der Waals surface area contributed by atoms with E-state index >= 15 is 0 Å². The van der Waals surface area contributed by atoms with Gasteiger partial charge in [0.2, 0.25) is 5.95 Å². The van der Waals surface area contributed by atoms with E-state index in [9.17, 15) is 5.26 Å². The number of hydrogen-bond donors (Lipinski definition) is 1. The Hall–Kier alpha value is -2.32. The summed E-state index contributed by atoms with van der Waals surface area (Å²) >= 11 is 18.1. The summed E-state index contributed by atoms with van der Waals surface area (Å²) in [7, 11) is 0. The SMILES string of the molecule is N#Cc1c(-c2cccc(Cl)c2)nc(N)nc1-c1cc(Cl)cc(Cl)c1. The second-order valence-corrected chi connectivity index (χ2v) is 6.24. The van der Waals surface area contributed by atoms with Gasteiger partial charge in [-0.15, -0.1) is 0 Å². The van der Waals surface area contributed by atoms with Crippen LogP contribution in [0.15, 0.2) is 42.5 Å². The Bertz CT molecular complexity index is 960. The smallest absolute Gasteiger partial charge is 0.221 e. The van der Waals surface area contributed by atoms with Crippen LogP contribution in [0.3, 0.4) is 0 Å². The van der Waals surface area contributed by atoms with Gasteiger partial charge in [-0.25, -0.2) is 9.97 Å². The summed E-state index contributed by atoms with van der Waals surface area (Å²) in [6.07, 6.45) is 0. The van der Waals surface area contributed by atoms with Gasteiger partial charge in [0.25, 0.3) is 0 Å². The van der Waals surface area contributed by atoms with Gasteiger partial charge in [0, 0.05) is 26.2 Å². The molecule has 0 saturated carbocycles. The number of nitrogens with two attached hydrogens (primary N) is 1. The molecule has 1 heterocycles. The summed E-state index contributed by atoms with van der Waals surface area (Å²) in [6.45, 7) is 0. The molecule has 0 unspecified atom stereocenters. The van der Waals surface area contributed by atoms with Gasteiger partial charge in [0.05, 0.1) is 11.4 Å². The van der Waals surface area contributed by atoms with Crippen molar-refractivity contribution in [2.75, 3.05) is 5.73 Å². The topological polar surface area (TPSA) is 75.6 Å². The third-order valence-corrected chi connectivity index (χ3v) is 3.94. The van der Waals surface area contributed by atoms with E-state index < -0.39 is 0 Å². The van der Waals surface area contributed by atoms with E-state index in [4.69, 9.17) is 40.5 Å². The standard InChI is InChI=1S/C17H9Cl3N4/c18-11-3-1-2-9(4-11)15-14(8-21)16(24-17(22)23-15)10-5-12(19)7-13(20)6-10/h1-7H,(H2,22,23,24). The molecule has 4 nitrogen and oxygen atoms in total. The molecule has 0 atom stereocenters. The van der Waals surface area contributed by atoms with Gasteiger partial charge in [0.15, 0.2) is 0 Å². The van der Waals surface area contributed by atoms with Crippen LogP contribution in [-0.2, 0) is 0 Å². The fraction of sp³-hybridized carbons (Fsp3) is 0. The molecule has 0 spiro atoms. The lowest BCUT2D eigenvalue weighted by Crippen LogP contribution is -2.03. The van der Waals surface area contributed by atoms with Gasteiger partial charge in [-0.05, 0) is 30.3 Å². The Balaban J connectivity index is 2.30. The molecule has 0 bridgehead atoms. The molecule has 24 heavy (non-hydrogen) atoms. The minimum Gasteiger partial charge on any atom is -0.368 e. The van der Waals surface area contributed by atoms with Crippen molar-refractivity contribution in [2.45, 2.75) is 0 Å². The maximum atomic E-state index is 9.65. The van der Waals surface area contributed by atoms with Crippen molar-refractivity contribution in [1.82, 2.24) is 9.97 Å². The second-order valence-electron chi connectivity index (χ2n) is 4.93. The lowest BCUT2D eigenvalue weighted by Gasteiger charge is -2.11. The van der Waals surface area contributed by atoms with Crippen molar-refractivity contribution < 1.29 is 0 Å². The largest absolute Gasteiger partial charge is 0.368 e. The zero-order valence-corrected chi connectivity index (χ0v) is 14.4. The molecular formula is C17H9Cl3N4. The van der Waals surface area contributed by atoms with E-state index in [1.54, 1.807) is 42.5 Å². The van der Waals surface area contributed by atoms with Crippen molar-refractivity contribution in [3.63, 3.8) is 0 Å². The summed E-state index contributed by atoms with van der Waals surface area (Å²) in [5.74, 6) is 0.0371. The van der Waals surface area contributed by atoms with E-state index in [0.29, 0.717) is 37.6 Å². The molecule has 0 aliphatic carbocycles. The Kier molecular flexibility index (Phi) is 4.59. The number of nitriles is 1. The normalized spacial score (nSPS) is 10.4. The average Bonchev–Trinajstić information content (AvgIpc) is 2.53. The number of benzene rings is 2. The third kappa shape index (κ3) is 3.29. The molecule has 0 aliphatic rings. The van der Waals surface area contributed by atoms with Gasteiger partial charge in [-0.1, -0.05) is 46.9 Å². The molecule has 3 rings (SSSR count). The highest BCUT2D eigenvalue weighted by atomic mass is 35.5. The highest BCUT2D eigenvalue weighted by molar-refractivity contribution is 6.35. The molecule has 2 N–H and O–H groups in total. The Morgan fingerprint density at radius 1 is 0.833 bits per heavy atom. The van der Waals surface area contributed by atoms with Gasteiger partial charge in [0.1, 0.15) is 11.6 Å². The monoisotopic (exact) mass is 374 g/mol. The lowest BCUT2D eigenvalue weighted by molar-refractivity contribution is 1.18. The van der Waals surface area contributed by atoms with E-state index in [-0.39, 0.29) is 11.5 Å². The first-order chi connectivity index (χ1) is 11.5. The molecule has 0 fully saturated rings. The second kappa shape index (κ2) is 6.66. The Morgan fingerprint density at radius 3 is 2.00 bits per heavy atom. The van der Waals surface area contributed by atoms with E-state index in [2.05, 4.69) is 16.0 Å². The van der Waals surface area contributed by atoms with Crippen molar-refractivity contribution in [1.29, 1.82) is 5.26 Å². The van der Waals surface area contributed by atoms with Gasteiger partial charge in [-0.2, -0.15) is 5.26 Å². The van der Waals surface area contributed by atoms with Crippen molar-refractivity contribution in [2.24, 2.45) is 0 Å². The molecule has 0 aliphatic heterocycles. The van der Waals surface area contributed by atoms with E-state index in [0.717, 1.165) is 0 Å². The fourth-order valence-electron chi connectivity index (χ4n) is 2.33. The average molecular weight is 376 g/mol. The zero-order chi connectivity index (χ0) is 17.3. The number of anilines is 1. The first-order valence-electron chi connectivity index (χ1n) is 6.78. The van der Waals surface area contributed by atoms with E-state index in [1.807, 2.05) is 0 Å². The van der Waals surface area contributed by atoms with Crippen molar-refractivity contribution in [3.8, 4) is 28.6 Å². The molecular weight excluding hydrogens is 367 g/mol. The summed E-state index contributed by atoms with van der Waals surface area (Å²) in [5.41, 5.74) is 8.13. The Labute approximate surface area is 153 Å². The molecule has 118 valence electrons. The minimum atomic E-state index is 0.0371. The van der Waals surface area contributed by atoms with E-state index in [1.165, 1.54) is 0 Å². The van der Waals surface area contributed by atoms with Crippen LogP contribution < -0.4 is 5.73 Å². The molecule has 0 radical (unpaired) electrons. The summed E-state index contributed by atoms with van der Waals surface area (Å²) < 4.78 is 0. The molecule has 0 saturated heterocycles. The maximum absolute atomic E-state index is 9.65. The summed E-state index contributed by atoms with van der Waals surface area (Å²) in [6, 6.07) is 14.1. The van der Waals surface area contributed by atoms with Crippen LogP contribution in [0.5, 0.6) is 0 Å². The van der Waals surface area contributed by atoms with Crippen LogP contribution >= 0.6 is 34.8 Å². The number of rotatable bonds is 2. The predicted octanol–water partition coefficient (Wildman–Crippen LogP) is 5.22. The van der Waals surface area contributed by atoms with Crippen molar-refractivity contribution in [3.05, 3.63) is 63.1 Å². The lowest BCUT2D eigenvalue weighted by atomic mass is 10.0. The zero-order valence-electron chi connectivity index (χ0n) is 12.1. The molecule has 3 aromatic rings. The summed E-state index contributed by atoms with van der Waals surface area (Å²) in [4.78, 5) is 8.40. The molecule has 1 aromatic heterocycles. The van der Waals surface area contributed by atoms with Crippen LogP contribution in [0.2, 0.25) is 15.1 Å². The number of nitrogen functional groups attached to an aromatic ring is 1. The van der Waals surface area contributed by atoms with Crippen LogP contribution in [-0.4, -0.2) is 9.97 Å². The molecule has 2 aromatic carbocycles. The number of aromatic nitrogens is 2. The maximum Gasteiger partial charge on any atom is 0.221 e. The summed E-state index contributed by atoms with van der Waals surface area (Å²) in [5, 5.41) is 11.0. The molecule has 0 amide bonds. The highest BCUT2D eigenvalue weighted by Gasteiger charge is 2.17. The van der Waals surface area contributed by atoms with Gasteiger partial charge in [-0.3, -0.25) is 0 Å². The van der Waals surface area contributed by atoms with Crippen LogP contribution in [0.25, 0.3) is 22.5 Å². The van der Waals surface area contributed by atoms with Gasteiger partial charge < -0.3 is 5.73 Å². The Morgan fingerprint density at radius 2 is 1.42 bits per heavy atom. The number of halogens is 3. The first-order valence-corrected chi connectivity index (χ1v) is 7.91. The van der Waals surface area contributed by atoms with Crippen LogP contribution in [0.1, 0.15) is 5.56 Å². The number of nitrogens with zero attached hydrogens (tertiary/aromatic N) is 3.